The molecular weight excluding hydrogens is 307 g/mol. The predicted octanol–water partition coefficient (Wildman–Crippen LogP) is 2.45. The van der Waals surface area contributed by atoms with Crippen LogP contribution in [0, 0.1) is 5.82 Å². The first kappa shape index (κ1) is 15.3. The molecule has 0 saturated carbocycles. The normalized spacial score (nSPS) is 18.7. The molecule has 0 bridgehead atoms. The van der Waals surface area contributed by atoms with E-state index in [4.69, 9.17) is 0 Å². The zero-order valence-corrected chi connectivity index (χ0v) is 13.8. The lowest BCUT2D eigenvalue weighted by molar-refractivity contribution is 0.212. The number of fused-ring (bicyclic) bond motifs is 1. The van der Waals surface area contributed by atoms with E-state index in [1.807, 2.05) is 10.7 Å². The molecule has 2 aromatic heterocycles. The first-order valence-electron chi connectivity index (χ1n) is 8.46. The molecular formula is C17H21FN6. The molecule has 3 heterocycles. The van der Waals surface area contributed by atoms with E-state index >= 15 is 0 Å². The van der Waals surface area contributed by atoms with Gasteiger partial charge < -0.3 is 4.57 Å². The first-order chi connectivity index (χ1) is 11.8. The molecule has 1 saturated heterocycles. The van der Waals surface area contributed by atoms with Gasteiger partial charge in [-0.2, -0.15) is 5.10 Å². The van der Waals surface area contributed by atoms with E-state index in [9.17, 15) is 4.39 Å². The van der Waals surface area contributed by atoms with Crippen LogP contribution >= 0.6 is 0 Å². The van der Waals surface area contributed by atoms with Gasteiger partial charge in [0.15, 0.2) is 5.82 Å². The number of hydrogen-bond acceptors (Lipinski definition) is 4. The molecule has 6 nitrogen and oxygen atoms in total. The van der Waals surface area contributed by atoms with E-state index < -0.39 is 0 Å². The van der Waals surface area contributed by atoms with Crippen LogP contribution in [0.2, 0.25) is 0 Å². The molecule has 0 radical (unpaired) electrons. The van der Waals surface area contributed by atoms with Crippen molar-refractivity contribution in [1.29, 1.82) is 0 Å². The Kier molecular flexibility index (Phi) is 4.02. The highest BCUT2D eigenvalue weighted by molar-refractivity contribution is 5.76. The number of hydrogen-bond donors (Lipinski definition) is 0. The Labute approximate surface area is 139 Å². The zero-order chi connectivity index (χ0) is 16.5. The Balaban J connectivity index is 1.60. The number of nitrogens with zero attached hydrogens (tertiary/aromatic N) is 6. The van der Waals surface area contributed by atoms with Gasteiger partial charge in [-0.1, -0.05) is 6.07 Å². The fourth-order valence-corrected chi connectivity index (χ4v) is 3.67. The molecule has 3 aromatic rings. The standard InChI is InChI=1S/C17H21FN6/c1-2-24-15-7-3-6-14(18)17(15)21-16(24)10-22-8-4-5-13(22)9-23-12-19-11-20-23/h3,6-7,11-13H,2,4-5,8-10H2,1H3/t13-/m1/s1. The van der Waals surface area contributed by atoms with Crippen molar-refractivity contribution in [2.75, 3.05) is 6.54 Å². The van der Waals surface area contributed by atoms with Crippen LogP contribution in [-0.2, 0) is 19.6 Å². The third-order valence-corrected chi connectivity index (χ3v) is 4.83. The summed E-state index contributed by atoms with van der Waals surface area (Å²) in [7, 11) is 0. The summed E-state index contributed by atoms with van der Waals surface area (Å²) in [5.41, 5.74) is 1.35. The van der Waals surface area contributed by atoms with Crippen LogP contribution in [0.3, 0.4) is 0 Å². The molecule has 0 spiro atoms. The minimum Gasteiger partial charge on any atom is -0.327 e. The summed E-state index contributed by atoms with van der Waals surface area (Å²) in [6.45, 7) is 5.47. The molecule has 1 fully saturated rings. The van der Waals surface area contributed by atoms with Gasteiger partial charge in [0.1, 0.15) is 24.0 Å². The molecule has 7 heteroatoms. The van der Waals surface area contributed by atoms with E-state index in [1.54, 1.807) is 18.7 Å². The molecule has 1 aliphatic heterocycles. The van der Waals surface area contributed by atoms with Crippen molar-refractivity contribution in [1.82, 2.24) is 29.2 Å². The van der Waals surface area contributed by atoms with Crippen molar-refractivity contribution >= 4 is 11.0 Å². The minimum absolute atomic E-state index is 0.249. The summed E-state index contributed by atoms with van der Waals surface area (Å²) >= 11 is 0. The number of likely N-dealkylation sites (tertiary alicyclic amines) is 1. The van der Waals surface area contributed by atoms with E-state index in [0.29, 0.717) is 11.6 Å². The molecule has 0 N–H and O–H groups in total. The van der Waals surface area contributed by atoms with Gasteiger partial charge in [-0.25, -0.2) is 14.4 Å². The van der Waals surface area contributed by atoms with Gasteiger partial charge in [0, 0.05) is 12.6 Å². The smallest absolute Gasteiger partial charge is 0.151 e. The molecule has 4 rings (SSSR count). The summed E-state index contributed by atoms with van der Waals surface area (Å²) in [4.78, 5) is 11.0. The van der Waals surface area contributed by atoms with Crippen LogP contribution in [0.25, 0.3) is 11.0 Å². The predicted molar refractivity (Wildman–Crippen MR) is 88.8 cm³/mol. The second-order valence-electron chi connectivity index (χ2n) is 6.26. The van der Waals surface area contributed by atoms with Crippen molar-refractivity contribution in [2.45, 2.75) is 45.4 Å². The number of benzene rings is 1. The third-order valence-electron chi connectivity index (χ3n) is 4.83. The van der Waals surface area contributed by atoms with Crippen LogP contribution in [0.15, 0.2) is 30.9 Å². The molecule has 0 unspecified atom stereocenters. The Hall–Kier alpha value is -2.28. The Morgan fingerprint density at radius 3 is 3.04 bits per heavy atom. The summed E-state index contributed by atoms with van der Waals surface area (Å²) in [6.07, 6.45) is 5.63. The summed E-state index contributed by atoms with van der Waals surface area (Å²) in [5.74, 6) is 0.685. The first-order valence-corrected chi connectivity index (χ1v) is 8.46. The minimum atomic E-state index is -0.249. The quantitative estimate of drug-likeness (QED) is 0.722. The SMILES string of the molecule is CCn1c(CN2CCC[C@@H]2Cn2cncn2)nc2c(F)cccc21. The topological polar surface area (TPSA) is 51.8 Å². The maximum absolute atomic E-state index is 14.1. The number of aromatic nitrogens is 5. The van der Waals surface area contributed by atoms with Gasteiger partial charge in [0.2, 0.25) is 0 Å². The Morgan fingerprint density at radius 1 is 1.33 bits per heavy atom. The van der Waals surface area contributed by atoms with Crippen LogP contribution in [0.5, 0.6) is 0 Å². The van der Waals surface area contributed by atoms with Crippen molar-refractivity contribution in [3.63, 3.8) is 0 Å². The summed E-state index contributed by atoms with van der Waals surface area (Å²) in [6, 6.07) is 5.58. The van der Waals surface area contributed by atoms with E-state index in [2.05, 4.69) is 31.5 Å². The Bertz CT molecular complexity index is 825. The van der Waals surface area contributed by atoms with Crippen molar-refractivity contribution in [3.05, 3.63) is 42.5 Å². The monoisotopic (exact) mass is 328 g/mol. The molecule has 0 aliphatic carbocycles. The average Bonchev–Trinajstić information content (AvgIpc) is 3.30. The highest BCUT2D eigenvalue weighted by atomic mass is 19.1. The lowest BCUT2D eigenvalue weighted by Gasteiger charge is -2.24. The van der Waals surface area contributed by atoms with E-state index in [1.165, 1.54) is 12.5 Å². The fraction of sp³-hybridized carbons (Fsp3) is 0.471. The fourth-order valence-electron chi connectivity index (χ4n) is 3.67. The van der Waals surface area contributed by atoms with Crippen LogP contribution < -0.4 is 0 Å². The second kappa shape index (κ2) is 6.32. The summed E-state index contributed by atoms with van der Waals surface area (Å²) in [5, 5.41) is 4.21. The third kappa shape index (κ3) is 2.69. The van der Waals surface area contributed by atoms with Crippen molar-refractivity contribution < 1.29 is 4.39 Å². The molecule has 126 valence electrons. The molecule has 0 amide bonds. The van der Waals surface area contributed by atoms with E-state index in [0.717, 1.165) is 43.9 Å². The van der Waals surface area contributed by atoms with Crippen molar-refractivity contribution in [2.24, 2.45) is 0 Å². The summed E-state index contributed by atoms with van der Waals surface area (Å²) < 4.78 is 18.0. The Morgan fingerprint density at radius 2 is 2.25 bits per heavy atom. The van der Waals surface area contributed by atoms with Crippen LogP contribution in [0.4, 0.5) is 4.39 Å². The average molecular weight is 328 g/mol. The molecule has 1 atom stereocenters. The zero-order valence-electron chi connectivity index (χ0n) is 13.8. The lowest BCUT2D eigenvalue weighted by atomic mass is 10.2. The largest absolute Gasteiger partial charge is 0.327 e. The van der Waals surface area contributed by atoms with Crippen LogP contribution in [-0.4, -0.2) is 41.8 Å². The van der Waals surface area contributed by atoms with Crippen molar-refractivity contribution in [3.8, 4) is 0 Å². The molecule has 24 heavy (non-hydrogen) atoms. The molecule has 1 aliphatic rings. The van der Waals surface area contributed by atoms with Crippen LogP contribution in [0.1, 0.15) is 25.6 Å². The van der Waals surface area contributed by atoms with Gasteiger partial charge in [0.05, 0.1) is 18.6 Å². The number of imidazole rings is 1. The van der Waals surface area contributed by atoms with Gasteiger partial charge in [0.25, 0.3) is 0 Å². The van der Waals surface area contributed by atoms with Gasteiger partial charge in [-0.05, 0) is 38.4 Å². The molecule has 1 aromatic carbocycles. The van der Waals surface area contributed by atoms with Gasteiger partial charge in [-0.15, -0.1) is 0 Å². The maximum atomic E-state index is 14.1. The number of rotatable bonds is 5. The highest BCUT2D eigenvalue weighted by Gasteiger charge is 2.27. The van der Waals surface area contributed by atoms with E-state index in [-0.39, 0.29) is 5.82 Å². The van der Waals surface area contributed by atoms with Gasteiger partial charge >= 0.3 is 0 Å². The highest BCUT2D eigenvalue weighted by Crippen LogP contribution is 2.24. The second-order valence-corrected chi connectivity index (χ2v) is 6.26. The lowest BCUT2D eigenvalue weighted by Crippen LogP contribution is -2.33. The number of halogens is 1. The van der Waals surface area contributed by atoms with Gasteiger partial charge in [-0.3, -0.25) is 9.58 Å². The number of aryl methyl sites for hydroxylation is 1. The maximum Gasteiger partial charge on any atom is 0.151 e. The number of para-hydroxylation sites is 1.